The predicted octanol–water partition coefficient (Wildman–Crippen LogP) is 2.22. The Kier molecular flexibility index (Phi) is 3.70. The van der Waals surface area contributed by atoms with Crippen LogP contribution in [0.1, 0.15) is 32.8 Å². The van der Waals surface area contributed by atoms with Gasteiger partial charge >= 0.3 is 5.97 Å². The Bertz CT molecular complexity index is 547. The summed E-state index contributed by atoms with van der Waals surface area (Å²) in [5.74, 6) is -0.976. The van der Waals surface area contributed by atoms with Crippen molar-refractivity contribution in [3.8, 4) is 0 Å². The van der Waals surface area contributed by atoms with E-state index in [4.69, 9.17) is 5.11 Å². The van der Waals surface area contributed by atoms with Crippen molar-refractivity contribution in [2.45, 2.75) is 32.6 Å². The fraction of sp³-hybridized carbons (Fsp3) is 0.467. The zero-order chi connectivity index (χ0) is 14.9. The molecule has 1 aromatic rings. The zero-order valence-electron chi connectivity index (χ0n) is 12.1. The molecular weight excluding hydrogens is 256 g/mol. The Hall–Kier alpha value is -2.04. The molecule has 1 heterocycles. The first kappa shape index (κ1) is 14.4. The Labute approximate surface area is 118 Å². The molecule has 0 saturated heterocycles. The van der Waals surface area contributed by atoms with Crippen molar-refractivity contribution in [3.63, 3.8) is 0 Å². The second kappa shape index (κ2) is 5.15. The fourth-order valence-corrected chi connectivity index (χ4v) is 2.28. The summed E-state index contributed by atoms with van der Waals surface area (Å²) in [6.45, 7) is 6.61. The topological polar surface area (TPSA) is 69.6 Å². The third kappa shape index (κ3) is 3.10. The molecule has 0 radical (unpaired) electrons. The average molecular weight is 276 g/mol. The molecule has 2 N–H and O–H groups in total. The molecule has 1 aliphatic rings. The number of anilines is 2. The van der Waals surface area contributed by atoms with Crippen LogP contribution in [0.25, 0.3) is 0 Å². The van der Waals surface area contributed by atoms with Crippen LogP contribution >= 0.6 is 0 Å². The molecule has 1 amide bonds. The summed E-state index contributed by atoms with van der Waals surface area (Å²) in [6, 6.07) is 5.82. The summed E-state index contributed by atoms with van der Waals surface area (Å²) in [6.07, 6.45) is 0.298. The van der Waals surface area contributed by atoms with Gasteiger partial charge in [-0.3, -0.25) is 9.59 Å². The first-order valence-corrected chi connectivity index (χ1v) is 6.68. The molecule has 5 nitrogen and oxygen atoms in total. The van der Waals surface area contributed by atoms with Gasteiger partial charge in [0.05, 0.1) is 11.4 Å². The minimum Gasteiger partial charge on any atom is -0.480 e. The molecule has 2 rings (SSSR count). The van der Waals surface area contributed by atoms with Gasteiger partial charge in [-0.15, -0.1) is 0 Å². The van der Waals surface area contributed by atoms with Gasteiger partial charge < -0.3 is 15.3 Å². The summed E-state index contributed by atoms with van der Waals surface area (Å²) < 4.78 is 0. The van der Waals surface area contributed by atoms with Crippen LogP contribution in [-0.2, 0) is 15.0 Å². The molecular formula is C15H20N2O3. The van der Waals surface area contributed by atoms with Crippen LogP contribution in [0.3, 0.4) is 0 Å². The van der Waals surface area contributed by atoms with E-state index < -0.39 is 5.97 Å². The van der Waals surface area contributed by atoms with Crippen LogP contribution in [0, 0.1) is 0 Å². The quantitative estimate of drug-likeness (QED) is 0.869. The molecule has 1 aliphatic heterocycles. The fourth-order valence-electron chi connectivity index (χ4n) is 2.28. The van der Waals surface area contributed by atoms with E-state index in [0.717, 1.165) is 11.3 Å². The average Bonchev–Trinajstić information content (AvgIpc) is 2.47. The molecule has 1 aromatic carbocycles. The van der Waals surface area contributed by atoms with Gasteiger partial charge in [-0.1, -0.05) is 26.8 Å². The van der Waals surface area contributed by atoms with Crippen molar-refractivity contribution in [1.29, 1.82) is 0 Å². The third-order valence-corrected chi connectivity index (χ3v) is 3.41. The van der Waals surface area contributed by atoms with Crippen LogP contribution in [0.4, 0.5) is 11.4 Å². The van der Waals surface area contributed by atoms with Crippen molar-refractivity contribution in [1.82, 2.24) is 0 Å². The maximum absolute atomic E-state index is 11.8. The van der Waals surface area contributed by atoms with E-state index in [1.165, 1.54) is 0 Å². The Balaban J connectivity index is 2.44. The van der Waals surface area contributed by atoms with E-state index in [9.17, 15) is 9.59 Å². The number of rotatable bonds is 2. The summed E-state index contributed by atoms with van der Waals surface area (Å²) >= 11 is 0. The number of fused-ring (bicyclic) bond motifs is 1. The normalized spacial score (nSPS) is 15.3. The van der Waals surface area contributed by atoms with E-state index in [1.54, 1.807) is 4.90 Å². The Morgan fingerprint density at radius 1 is 1.40 bits per heavy atom. The van der Waals surface area contributed by atoms with Crippen molar-refractivity contribution >= 4 is 23.3 Å². The lowest BCUT2D eigenvalue weighted by Gasteiger charge is -2.25. The number of hydrogen-bond acceptors (Lipinski definition) is 3. The number of carboxylic acids is 1. The monoisotopic (exact) mass is 276 g/mol. The molecule has 0 saturated carbocycles. The lowest BCUT2D eigenvalue weighted by atomic mass is 9.86. The van der Waals surface area contributed by atoms with Crippen LogP contribution in [0.15, 0.2) is 18.2 Å². The van der Waals surface area contributed by atoms with Crippen molar-refractivity contribution in [2.24, 2.45) is 0 Å². The molecule has 0 atom stereocenters. The first-order valence-electron chi connectivity index (χ1n) is 6.68. The lowest BCUT2D eigenvalue weighted by Crippen LogP contribution is -2.30. The van der Waals surface area contributed by atoms with Gasteiger partial charge in [-0.25, -0.2) is 0 Å². The number of carbonyl (C=O) groups excluding carboxylic acids is 1. The molecule has 0 unspecified atom stereocenters. The molecule has 0 spiro atoms. The summed E-state index contributed by atoms with van der Waals surface area (Å²) in [5, 5.41) is 11.9. The maximum Gasteiger partial charge on any atom is 0.323 e. The lowest BCUT2D eigenvalue weighted by molar-refractivity contribution is -0.135. The van der Waals surface area contributed by atoms with Crippen LogP contribution < -0.4 is 10.2 Å². The van der Waals surface area contributed by atoms with Gasteiger partial charge in [-0.05, 0) is 23.1 Å². The van der Waals surface area contributed by atoms with Crippen LogP contribution in [0.2, 0.25) is 0 Å². The number of amides is 1. The van der Waals surface area contributed by atoms with E-state index in [2.05, 4.69) is 26.1 Å². The highest BCUT2D eigenvalue weighted by Crippen LogP contribution is 2.33. The van der Waals surface area contributed by atoms with Crippen molar-refractivity contribution < 1.29 is 14.7 Å². The number of hydrogen-bond donors (Lipinski definition) is 2. The predicted molar refractivity (Wildman–Crippen MR) is 78.2 cm³/mol. The van der Waals surface area contributed by atoms with Gasteiger partial charge in [0.25, 0.3) is 0 Å². The highest BCUT2D eigenvalue weighted by molar-refractivity contribution is 5.97. The van der Waals surface area contributed by atoms with E-state index in [0.29, 0.717) is 18.7 Å². The van der Waals surface area contributed by atoms with Crippen LogP contribution in [-0.4, -0.2) is 30.1 Å². The van der Waals surface area contributed by atoms with E-state index >= 15 is 0 Å². The molecule has 0 aromatic heterocycles. The second-order valence-electron chi connectivity index (χ2n) is 6.10. The molecule has 108 valence electrons. The number of nitrogens with zero attached hydrogens (tertiary/aromatic N) is 1. The largest absolute Gasteiger partial charge is 0.480 e. The number of carboxylic acid groups (broad SMARTS) is 1. The number of carbonyl (C=O) groups is 2. The zero-order valence-corrected chi connectivity index (χ0v) is 12.1. The summed E-state index contributed by atoms with van der Waals surface area (Å²) in [4.78, 5) is 24.4. The van der Waals surface area contributed by atoms with Gasteiger partial charge in [0.2, 0.25) is 5.91 Å². The van der Waals surface area contributed by atoms with E-state index in [-0.39, 0.29) is 17.9 Å². The number of benzene rings is 1. The van der Waals surface area contributed by atoms with Crippen molar-refractivity contribution in [3.05, 3.63) is 23.8 Å². The third-order valence-electron chi connectivity index (χ3n) is 3.41. The van der Waals surface area contributed by atoms with Gasteiger partial charge in [-0.2, -0.15) is 0 Å². The van der Waals surface area contributed by atoms with E-state index in [1.807, 2.05) is 18.2 Å². The maximum atomic E-state index is 11.8. The van der Waals surface area contributed by atoms with Crippen LogP contribution in [0.5, 0.6) is 0 Å². The SMILES string of the molecule is CC(C)(C)c1ccc2c(c1)NC(=O)CCN2CC(=O)O. The standard InChI is InChI=1S/C15H20N2O3/c1-15(2,3)10-4-5-12-11(8-10)16-13(18)6-7-17(12)9-14(19)20/h4-5,8H,6-7,9H2,1-3H3,(H,16,18)(H,19,20). The molecule has 20 heavy (non-hydrogen) atoms. The van der Waals surface area contributed by atoms with Gasteiger partial charge in [0.1, 0.15) is 6.54 Å². The summed E-state index contributed by atoms with van der Waals surface area (Å²) in [7, 11) is 0. The van der Waals surface area contributed by atoms with Gasteiger partial charge in [0.15, 0.2) is 0 Å². The number of aliphatic carboxylic acids is 1. The Morgan fingerprint density at radius 2 is 2.10 bits per heavy atom. The minimum absolute atomic E-state index is 0.0241. The second-order valence-corrected chi connectivity index (χ2v) is 6.10. The molecule has 0 fully saturated rings. The van der Waals surface area contributed by atoms with Gasteiger partial charge in [0, 0.05) is 13.0 Å². The first-order chi connectivity index (χ1) is 9.27. The smallest absolute Gasteiger partial charge is 0.323 e. The highest BCUT2D eigenvalue weighted by atomic mass is 16.4. The Morgan fingerprint density at radius 3 is 2.70 bits per heavy atom. The minimum atomic E-state index is -0.898. The molecule has 0 bridgehead atoms. The highest BCUT2D eigenvalue weighted by Gasteiger charge is 2.23. The number of nitrogens with one attached hydrogen (secondary N) is 1. The summed E-state index contributed by atoms with van der Waals surface area (Å²) in [5.41, 5.74) is 2.55. The van der Waals surface area contributed by atoms with Crippen molar-refractivity contribution in [2.75, 3.05) is 23.3 Å². The molecule has 5 heteroatoms. The molecule has 0 aliphatic carbocycles.